The Balaban J connectivity index is 0.00000272. The van der Waals surface area contributed by atoms with Gasteiger partial charge in [-0.25, -0.2) is 4.99 Å². The molecule has 3 unspecified atom stereocenters. The zero-order chi connectivity index (χ0) is 21.0. The van der Waals surface area contributed by atoms with Gasteiger partial charge >= 0.3 is 0 Å². The fourth-order valence-corrected chi connectivity index (χ4v) is 6.02. The molecule has 1 aliphatic carbocycles. The summed E-state index contributed by atoms with van der Waals surface area (Å²) in [6.45, 7) is 0.953. The van der Waals surface area contributed by atoms with Crippen LogP contribution < -0.4 is 10.6 Å². The van der Waals surface area contributed by atoms with Crippen molar-refractivity contribution in [2.45, 2.75) is 56.2 Å². The second-order valence-electron chi connectivity index (χ2n) is 8.97. The first-order valence-corrected chi connectivity index (χ1v) is 12.2. The van der Waals surface area contributed by atoms with Gasteiger partial charge in [-0.15, -0.1) is 24.0 Å². The molecule has 2 N–H and O–H groups in total. The van der Waals surface area contributed by atoms with Crippen LogP contribution in [-0.4, -0.2) is 73.2 Å². The molecular weight excluding hydrogens is 523 g/mol. The predicted octanol–water partition coefficient (Wildman–Crippen LogP) is 2.84. The first kappa shape index (κ1) is 24.6. The van der Waals surface area contributed by atoms with Gasteiger partial charge in [-0.05, 0) is 55.4 Å². The van der Waals surface area contributed by atoms with E-state index < -0.39 is 0 Å². The molecule has 4 rings (SSSR count). The van der Waals surface area contributed by atoms with Crippen LogP contribution in [0.5, 0.6) is 0 Å². The van der Waals surface area contributed by atoms with E-state index in [1.165, 1.54) is 16.9 Å². The van der Waals surface area contributed by atoms with Gasteiger partial charge in [-0.1, -0.05) is 24.3 Å². The number of hydrogen-bond acceptors (Lipinski definition) is 4. The lowest BCUT2D eigenvalue weighted by Gasteiger charge is -2.39. The van der Waals surface area contributed by atoms with E-state index in [0.717, 1.165) is 56.8 Å². The average molecular weight is 559 g/mol. The second kappa shape index (κ2) is 11.2. The number of ether oxygens (including phenoxy) is 1. The third-order valence-electron chi connectivity index (χ3n) is 6.46. The van der Waals surface area contributed by atoms with Gasteiger partial charge < -0.3 is 20.3 Å². The van der Waals surface area contributed by atoms with Crippen molar-refractivity contribution < 1.29 is 9.53 Å². The second-order valence-corrected chi connectivity index (χ2v) is 10.1. The Bertz CT molecular complexity index is 783. The summed E-state index contributed by atoms with van der Waals surface area (Å²) in [5.41, 5.74) is 2.89. The van der Waals surface area contributed by atoms with E-state index in [9.17, 15) is 4.79 Å². The quantitative estimate of drug-likeness (QED) is 0.338. The van der Waals surface area contributed by atoms with E-state index in [2.05, 4.69) is 39.9 Å². The third kappa shape index (κ3) is 6.51. The molecule has 2 saturated heterocycles. The molecule has 0 bridgehead atoms. The highest BCUT2D eigenvalue weighted by atomic mass is 127. The van der Waals surface area contributed by atoms with Crippen molar-refractivity contribution in [2.24, 2.45) is 4.99 Å². The number of benzene rings is 1. The van der Waals surface area contributed by atoms with Crippen molar-refractivity contribution in [2.75, 3.05) is 38.8 Å². The number of guanidine groups is 1. The zero-order valence-electron chi connectivity index (χ0n) is 18.6. The molecule has 0 radical (unpaired) electrons. The van der Waals surface area contributed by atoms with E-state index in [-0.39, 0.29) is 42.0 Å². The number of aliphatic imine (C=N–C) groups is 1. The smallest absolute Gasteiger partial charge is 0.243 e. The maximum absolute atomic E-state index is 12.1. The van der Waals surface area contributed by atoms with Crippen molar-refractivity contribution in [1.82, 2.24) is 15.5 Å². The monoisotopic (exact) mass is 558 g/mol. The first-order valence-electron chi connectivity index (χ1n) is 11.1. The number of amides is 1. The highest BCUT2D eigenvalue weighted by Crippen LogP contribution is 2.38. The van der Waals surface area contributed by atoms with Crippen LogP contribution in [0.25, 0.3) is 0 Å². The summed E-state index contributed by atoms with van der Waals surface area (Å²) in [7, 11) is 3.55. The number of halogens is 1. The zero-order valence-corrected chi connectivity index (χ0v) is 21.7. The fraction of sp³-hybridized carbons (Fsp3) is 0.652. The molecule has 3 aliphatic rings. The minimum atomic E-state index is 0. The van der Waals surface area contributed by atoms with Crippen LogP contribution in [0, 0.1) is 0 Å². The van der Waals surface area contributed by atoms with Gasteiger partial charge in [0.2, 0.25) is 5.91 Å². The number of hydrogen-bond donors (Lipinski definition) is 2. The largest absolute Gasteiger partial charge is 0.374 e. The molecule has 1 spiro atoms. The lowest BCUT2D eigenvalue weighted by atomic mass is 9.88. The lowest BCUT2D eigenvalue weighted by Crippen LogP contribution is -2.54. The molecule has 8 heteroatoms. The summed E-state index contributed by atoms with van der Waals surface area (Å²) in [5.74, 6) is 3.05. The Labute approximate surface area is 207 Å². The third-order valence-corrected chi connectivity index (χ3v) is 7.68. The summed E-state index contributed by atoms with van der Waals surface area (Å²) in [4.78, 5) is 18.4. The number of carbonyl (C=O) groups is 1. The van der Waals surface area contributed by atoms with Crippen LogP contribution in [0.3, 0.4) is 0 Å². The molecule has 0 saturated carbocycles. The van der Waals surface area contributed by atoms with Crippen molar-refractivity contribution in [1.29, 1.82) is 0 Å². The molecule has 2 fully saturated rings. The molecule has 1 amide bonds. The highest BCUT2D eigenvalue weighted by molar-refractivity contribution is 14.0. The van der Waals surface area contributed by atoms with Gasteiger partial charge in [0, 0.05) is 38.5 Å². The van der Waals surface area contributed by atoms with E-state index in [0.29, 0.717) is 12.1 Å². The lowest BCUT2D eigenvalue weighted by molar-refractivity contribution is -0.127. The van der Waals surface area contributed by atoms with E-state index >= 15 is 0 Å². The van der Waals surface area contributed by atoms with Gasteiger partial charge in [-0.2, -0.15) is 11.8 Å². The van der Waals surface area contributed by atoms with Crippen LogP contribution in [0.2, 0.25) is 0 Å². The van der Waals surface area contributed by atoms with Crippen molar-refractivity contribution in [3.8, 4) is 0 Å². The topological polar surface area (TPSA) is 66.0 Å². The van der Waals surface area contributed by atoms with E-state index in [4.69, 9.17) is 4.74 Å². The Morgan fingerprint density at radius 2 is 2.00 bits per heavy atom. The number of likely N-dealkylation sites (N-methyl/N-ethyl adjacent to an activating group) is 1. The van der Waals surface area contributed by atoms with Crippen molar-refractivity contribution in [3.05, 3.63) is 35.4 Å². The minimum absolute atomic E-state index is 0. The van der Waals surface area contributed by atoms with E-state index in [1.807, 2.05) is 11.8 Å². The molecule has 2 heterocycles. The Morgan fingerprint density at radius 3 is 2.74 bits per heavy atom. The summed E-state index contributed by atoms with van der Waals surface area (Å²) >= 11 is 1.99. The average Bonchev–Trinajstić information content (AvgIpc) is 3.19. The van der Waals surface area contributed by atoms with Crippen LogP contribution in [0.4, 0.5) is 0 Å². The normalized spacial score (nSPS) is 27.9. The van der Waals surface area contributed by atoms with Crippen LogP contribution in [0.15, 0.2) is 29.3 Å². The molecule has 3 atom stereocenters. The molecule has 1 aromatic carbocycles. The summed E-state index contributed by atoms with van der Waals surface area (Å²) in [6, 6.07) is 9.35. The van der Waals surface area contributed by atoms with Crippen molar-refractivity contribution >= 4 is 47.6 Å². The molecule has 6 nitrogen and oxygen atoms in total. The molecule has 31 heavy (non-hydrogen) atoms. The fourth-order valence-electron chi connectivity index (χ4n) is 4.64. The maximum atomic E-state index is 12.1. The number of rotatable bonds is 4. The number of nitrogens with zero attached hydrogens (tertiary/aromatic N) is 2. The molecule has 2 aliphatic heterocycles. The summed E-state index contributed by atoms with van der Waals surface area (Å²) in [5, 5.41) is 7.29. The standard InChI is InChI=1S/C23H34N4O2S.HI/c1-27(2)21(28)15-24-22(25-19-8-7-17-5-3-4-6-18(17)13-19)26-20-9-11-29-23(14-20)10-12-30-16-23;/h3-6,19-20H,7-16H2,1-2H3,(H2,24,25,26);1H. The minimum Gasteiger partial charge on any atom is -0.374 e. The van der Waals surface area contributed by atoms with E-state index in [1.54, 1.807) is 19.0 Å². The highest BCUT2D eigenvalue weighted by Gasteiger charge is 2.40. The van der Waals surface area contributed by atoms with Gasteiger partial charge in [0.25, 0.3) is 0 Å². The molecular formula is C23H35IN4O2S. The Morgan fingerprint density at radius 1 is 1.23 bits per heavy atom. The van der Waals surface area contributed by atoms with Crippen LogP contribution in [-0.2, 0) is 22.4 Å². The van der Waals surface area contributed by atoms with Crippen molar-refractivity contribution in [3.63, 3.8) is 0 Å². The predicted molar refractivity (Wildman–Crippen MR) is 139 cm³/mol. The number of aryl methyl sites for hydroxylation is 1. The Hall–Kier alpha value is -1.000. The van der Waals surface area contributed by atoms with Gasteiger partial charge in [0.1, 0.15) is 6.54 Å². The Kier molecular flexibility index (Phi) is 8.92. The molecule has 172 valence electrons. The number of nitrogens with one attached hydrogen (secondary N) is 2. The first-order chi connectivity index (χ1) is 14.5. The summed E-state index contributed by atoms with van der Waals surface area (Å²) < 4.78 is 6.18. The molecule has 1 aromatic rings. The molecule has 0 aromatic heterocycles. The number of fused-ring (bicyclic) bond motifs is 1. The van der Waals surface area contributed by atoms with Gasteiger partial charge in [-0.3, -0.25) is 4.79 Å². The maximum Gasteiger partial charge on any atom is 0.243 e. The van der Waals surface area contributed by atoms with Crippen LogP contribution >= 0.6 is 35.7 Å². The number of thioether (sulfide) groups is 1. The number of carbonyl (C=O) groups excluding carboxylic acids is 1. The summed E-state index contributed by atoms with van der Waals surface area (Å²) in [6.07, 6.45) is 6.27. The van der Waals surface area contributed by atoms with Crippen LogP contribution in [0.1, 0.15) is 36.8 Å². The van der Waals surface area contributed by atoms with Gasteiger partial charge in [0.05, 0.1) is 5.60 Å². The SMILES string of the molecule is CN(C)C(=O)CN=C(NC1CCc2ccccc2C1)NC1CCOC2(CCSC2)C1.I. The van der Waals surface area contributed by atoms with Gasteiger partial charge in [0.15, 0.2) is 5.96 Å².